The summed E-state index contributed by atoms with van der Waals surface area (Å²) in [6, 6.07) is 7.67. The molecule has 0 aliphatic carbocycles. The van der Waals surface area contributed by atoms with Gasteiger partial charge in [0.2, 0.25) is 5.91 Å². The SMILES string of the molecule is C[C@@H](CS(C)(=O)=O)NCc1cccc(N2CCC2=O)c1. The second-order valence-electron chi connectivity index (χ2n) is 5.34. The van der Waals surface area contributed by atoms with Gasteiger partial charge in [-0.15, -0.1) is 0 Å². The molecule has 0 bridgehead atoms. The molecule has 1 aliphatic heterocycles. The molecule has 1 fully saturated rings. The third-order valence-electron chi connectivity index (χ3n) is 3.28. The molecule has 0 unspecified atom stereocenters. The Morgan fingerprint density at radius 3 is 2.70 bits per heavy atom. The lowest BCUT2D eigenvalue weighted by Gasteiger charge is -2.31. The smallest absolute Gasteiger partial charge is 0.228 e. The maximum Gasteiger partial charge on any atom is 0.228 e. The van der Waals surface area contributed by atoms with Gasteiger partial charge in [-0.25, -0.2) is 8.42 Å². The van der Waals surface area contributed by atoms with E-state index < -0.39 is 9.84 Å². The van der Waals surface area contributed by atoms with Gasteiger partial charge in [-0.3, -0.25) is 4.79 Å². The van der Waals surface area contributed by atoms with Crippen LogP contribution in [0.1, 0.15) is 18.9 Å². The lowest BCUT2D eigenvalue weighted by atomic mass is 10.1. The standard InChI is InChI=1S/C14H20N2O3S/c1-11(10-20(2,18)19)15-9-12-4-3-5-13(8-12)16-7-6-14(16)17/h3-5,8,11,15H,6-7,9-10H2,1-2H3/t11-/m0/s1. The maximum atomic E-state index is 11.4. The Labute approximate surface area is 119 Å². The van der Waals surface area contributed by atoms with E-state index in [9.17, 15) is 13.2 Å². The van der Waals surface area contributed by atoms with E-state index in [1.54, 1.807) is 4.90 Å². The first-order valence-corrected chi connectivity index (χ1v) is 8.71. The summed E-state index contributed by atoms with van der Waals surface area (Å²) in [4.78, 5) is 13.2. The van der Waals surface area contributed by atoms with Crippen molar-refractivity contribution < 1.29 is 13.2 Å². The topological polar surface area (TPSA) is 66.5 Å². The van der Waals surface area contributed by atoms with Crippen LogP contribution in [0.25, 0.3) is 0 Å². The number of β-lactam (4-membered cyclic amide) rings is 1. The molecule has 1 atom stereocenters. The Hall–Kier alpha value is -1.40. The highest BCUT2D eigenvalue weighted by Gasteiger charge is 2.25. The molecule has 1 amide bonds. The van der Waals surface area contributed by atoms with Crippen molar-refractivity contribution in [3.05, 3.63) is 29.8 Å². The van der Waals surface area contributed by atoms with Crippen LogP contribution in [0.15, 0.2) is 24.3 Å². The van der Waals surface area contributed by atoms with Gasteiger partial charge in [0.25, 0.3) is 0 Å². The number of hydrogen-bond acceptors (Lipinski definition) is 4. The van der Waals surface area contributed by atoms with Crippen LogP contribution in [-0.2, 0) is 21.2 Å². The van der Waals surface area contributed by atoms with Gasteiger partial charge in [0.15, 0.2) is 0 Å². The van der Waals surface area contributed by atoms with E-state index in [-0.39, 0.29) is 17.7 Å². The first-order chi connectivity index (χ1) is 9.35. The Balaban J connectivity index is 1.93. The maximum absolute atomic E-state index is 11.4. The summed E-state index contributed by atoms with van der Waals surface area (Å²) in [6.45, 7) is 3.22. The summed E-state index contributed by atoms with van der Waals surface area (Å²) in [7, 11) is -2.97. The molecule has 1 aromatic rings. The zero-order chi connectivity index (χ0) is 14.8. The molecule has 0 radical (unpaired) electrons. The van der Waals surface area contributed by atoms with Crippen molar-refractivity contribution in [2.45, 2.75) is 25.9 Å². The molecule has 6 heteroatoms. The van der Waals surface area contributed by atoms with E-state index in [1.807, 2.05) is 31.2 Å². The van der Waals surface area contributed by atoms with Crippen LogP contribution in [0.5, 0.6) is 0 Å². The predicted molar refractivity (Wildman–Crippen MR) is 79.4 cm³/mol. The van der Waals surface area contributed by atoms with E-state index in [1.165, 1.54) is 6.26 Å². The summed E-state index contributed by atoms with van der Waals surface area (Å²) in [5.41, 5.74) is 1.96. The predicted octanol–water partition coefficient (Wildman–Crippen LogP) is 0.946. The molecule has 1 saturated heterocycles. The molecule has 1 aliphatic rings. The highest BCUT2D eigenvalue weighted by molar-refractivity contribution is 7.90. The van der Waals surface area contributed by atoms with Crippen LogP contribution >= 0.6 is 0 Å². The van der Waals surface area contributed by atoms with Gasteiger partial charge in [0.05, 0.1) is 5.75 Å². The van der Waals surface area contributed by atoms with Crippen molar-refractivity contribution in [3.63, 3.8) is 0 Å². The Morgan fingerprint density at radius 2 is 2.15 bits per heavy atom. The Morgan fingerprint density at radius 1 is 1.40 bits per heavy atom. The molecule has 1 N–H and O–H groups in total. The fraction of sp³-hybridized carbons (Fsp3) is 0.500. The summed E-state index contributed by atoms with van der Waals surface area (Å²) < 4.78 is 22.4. The highest BCUT2D eigenvalue weighted by Crippen LogP contribution is 2.22. The molecule has 0 aromatic heterocycles. The zero-order valence-electron chi connectivity index (χ0n) is 11.8. The molecule has 5 nitrogen and oxygen atoms in total. The minimum atomic E-state index is -2.97. The lowest BCUT2D eigenvalue weighted by Crippen LogP contribution is -2.43. The van der Waals surface area contributed by atoms with Crippen LogP contribution < -0.4 is 10.2 Å². The normalized spacial score (nSPS) is 16.9. The van der Waals surface area contributed by atoms with Crippen LogP contribution in [-0.4, -0.2) is 38.9 Å². The summed E-state index contributed by atoms with van der Waals surface area (Å²) >= 11 is 0. The van der Waals surface area contributed by atoms with Crippen LogP contribution in [0.4, 0.5) is 5.69 Å². The number of sulfone groups is 1. The summed E-state index contributed by atoms with van der Waals surface area (Å²) in [5, 5.41) is 3.19. The Bertz CT molecular complexity index is 598. The average Bonchev–Trinajstić information content (AvgIpc) is 2.33. The number of hydrogen-bond donors (Lipinski definition) is 1. The first kappa shape index (κ1) is 15.0. The molecule has 0 spiro atoms. The average molecular weight is 296 g/mol. The molecule has 1 heterocycles. The molecular formula is C14H20N2O3S. The molecular weight excluding hydrogens is 276 g/mol. The monoisotopic (exact) mass is 296 g/mol. The minimum Gasteiger partial charge on any atom is -0.312 e. The number of nitrogens with one attached hydrogen (secondary N) is 1. The van der Waals surface area contributed by atoms with Crippen LogP contribution in [0.2, 0.25) is 0 Å². The number of benzene rings is 1. The van der Waals surface area contributed by atoms with Crippen molar-refractivity contribution in [3.8, 4) is 0 Å². The third-order valence-corrected chi connectivity index (χ3v) is 4.39. The molecule has 1 aromatic carbocycles. The minimum absolute atomic E-state index is 0.0979. The van der Waals surface area contributed by atoms with Crippen molar-refractivity contribution in [1.82, 2.24) is 5.32 Å². The second-order valence-corrected chi connectivity index (χ2v) is 7.52. The van der Waals surface area contributed by atoms with Gasteiger partial charge >= 0.3 is 0 Å². The number of amides is 1. The van der Waals surface area contributed by atoms with Crippen molar-refractivity contribution in [2.75, 3.05) is 23.5 Å². The highest BCUT2D eigenvalue weighted by atomic mass is 32.2. The third kappa shape index (κ3) is 4.05. The van der Waals surface area contributed by atoms with Crippen LogP contribution in [0, 0.1) is 0 Å². The van der Waals surface area contributed by atoms with E-state index in [0.717, 1.165) is 17.8 Å². The van der Waals surface area contributed by atoms with Gasteiger partial charge in [-0.2, -0.15) is 0 Å². The molecule has 20 heavy (non-hydrogen) atoms. The molecule has 0 saturated carbocycles. The number of rotatable bonds is 6. The van der Waals surface area contributed by atoms with Gasteiger partial charge in [-0.05, 0) is 24.6 Å². The number of nitrogens with zero attached hydrogens (tertiary/aromatic N) is 1. The van der Waals surface area contributed by atoms with Crippen LogP contribution in [0.3, 0.4) is 0 Å². The zero-order valence-corrected chi connectivity index (χ0v) is 12.6. The van der Waals surface area contributed by atoms with Crippen molar-refractivity contribution in [1.29, 1.82) is 0 Å². The lowest BCUT2D eigenvalue weighted by molar-refractivity contribution is -0.122. The van der Waals surface area contributed by atoms with E-state index in [4.69, 9.17) is 0 Å². The quantitative estimate of drug-likeness (QED) is 0.794. The fourth-order valence-corrected chi connectivity index (χ4v) is 3.25. The number of anilines is 1. The van der Waals surface area contributed by atoms with Crippen molar-refractivity contribution in [2.24, 2.45) is 0 Å². The number of carbonyl (C=O) groups excluding carboxylic acids is 1. The molecule has 110 valence electrons. The largest absolute Gasteiger partial charge is 0.312 e. The van der Waals surface area contributed by atoms with Crippen molar-refractivity contribution >= 4 is 21.4 Å². The van der Waals surface area contributed by atoms with E-state index >= 15 is 0 Å². The van der Waals surface area contributed by atoms with Gasteiger partial charge in [0, 0.05) is 37.5 Å². The first-order valence-electron chi connectivity index (χ1n) is 6.65. The van der Waals surface area contributed by atoms with E-state index in [0.29, 0.717) is 13.0 Å². The summed E-state index contributed by atoms with van der Waals surface area (Å²) in [5.74, 6) is 0.276. The van der Waals surface area contributed by atoms with E-state index in [2.05, 4.69) is 5.32 Å². The summed E-state index contributed by atoms with van der Waals surface area (Å²) in [6.07, 6.45) is 1.86. The van der Waals surface area contributed by atoms with Gasteiger partial charge in [0.1, 0.15) is 9.84 Å². The Kier molecular flexibility index (Phi) is 4.45. The second kappa shape index (κ2) is 5.93. The molecule has 2 rings (SSSR count). The number of carbonyl (C=O) groups is 1. The van der Waals surface area contributed by atoms with Gasteiger partial charge in [-0.1, -0.05) is 12.1 Å². The fourth-order valence-electron chi connectivity index (χ4n) is 2.23. The van der Waals surface area contributed by atoms with Gasteiger partial charge < -0.3 is 10.2 Å².